The van der Waals surface area contributed by atoms with E-state index >= 15 is 0 Å². The molecule has 116 valence electrons. The molecule has 3 rings (SSSR count). The molecule has 0 radical (unpaired) electrons. The molecule has 2 unspecified atom stereocenters. The molecule has 21 heavy (non-hydrogen) atoms. The predicted molar refractivity (Wildman–Crippen MR) is 88.0 cm³/mol. The van der Waals surface area contributed by atoms with Gasteiger partial charge in [-0.15, -0.1) is 0 Å². The SMILES string of the molecule is CC(C)COc1ccccc1NC1CCN2CCCC2C1. The van der Waals surface area contributed by atoms with Crippen molar-refractivity contribution in [2.45, 2.75) is 51.6 Å². The Labute approximate surface area is 128 Å². The maximum absolute atomic E-state index is 5.95. The van der Waals surface area contributed by atoms with Crippen molar-refractivity contribution in [2.75, 3.05) is 25.0 Å². The second kappa shape index (κ2) is 6.69. The molecule has 2 aliphatic heterocycles. The number of ether oxygens (including phenoxy) is 1. The minimum atomic E-state index is 0.555. The van der Waals surface area contributed by atoms with Gasteiger partial charge in [0.05, 0.1) is 12.3 Å². The lowest BCUT2D eigenvalue weighted by Crippen LogP contribution is -2.42. The second-order valence-electron chi connectivity index (χ2n) is 6.90. The summed E-state index contributed by atoms with van der Waals surface area (Å²) in [5, 5.41) is 3.73. The Balaban J connectivity index is 1.61. The zero-order valence-corrected chi connectivity index (χ0v) is 13.3. The van der Waals surface area contributed by atoms with Gasteiger partial charge >= 0.3 is 0 Å². The Morgan fingerprint density at radius 2 is 2.10 bits per heavy atom. The normalized spacial score (nSPS) is 25.9. The van der Waals surface area contributed by atoms with E-state index in [-0.39, 0.29) is 0 Å². The largest absolute Gasteiger partial charge is 0.491 e. The lowest BCUT2D eigenvalue weighted by Gasteiger charge is -2.35. The average Bonchev–Trinajstić information content (AvgIpc) is 2.94. The molecule has 3 nitrogen and oxygen atoms in total. The molecule has 2 aliphatic rings. The summed E-state index contributed by atoms with van der Waals surface area (Å²) in [5.41, 5.74) is 1.16. The van der Waals surface area contributed by atoms with Crippen LogP contribution in [0.3, 0.4) is 0 Å². The lowest BCUT2D eigenvalue weighted by molar-refractivity contribution is 0.187. The highest BCUT2D eigenvalue weighted by Crippen LogP contribution is 2.31. The minimum Gasteiger partial charge on any atom is -0.491 e. The first-order valence-corrected chi connectivity index (χ1v) is 8.45. The van der Waals surface area contributed by atoms with Crippen LogP contribution in [-0.2, 0) is 0 Å². The molecule has 0 spiro atoms. The van der Waals surface area contributed by atoms with Gasteiger partial charge in [0.2, 0.25) is 0 Å². The van der Waals surface area contributed by atoms with Crippen molar-refractivity contribution >= 4 is 5.69 Å². The molecule has 0 saturated carbocycles. The third-order valence-corrected chi connectivity index (χ3v) is 4.64. The fourth-order valence-electron chi connectivity index (χ4n) is 3.54. The van der Waals surface area contributed by atoms with Crippen LogP contribution in [0.15, 0.2) is 24.3 Å². The third kappa shape index (κ3) is 3.70. The Morgan fingerprint density at radius 3 is 2.95 bits per heavy atom. The van der Waals surface area contributed by atoms with E-state index in [0.29, 0.717) is 12.0 Å². The van der Waals surface area contributed by atoms with Gasteiger partial charge in [0.25, 0.3) is 0 Å². The highest BCUT2D eigenvalue weighted by atomic mass is 16.5. The number of hydrogen-bond donors (Lipinski definition) is 1. The molecule has 0 amide bonds. The molecule has 2 fully saturated rings. The third-order valence-electron chi connectivity index (χ3n) is 4.64. The Kier molecular flexibility index (Phi) is 4.69. The van der Waals surface area contributed by atoms with Gasteiger partial charge in [-0.3, -0.25) is 0 Å². The van der Waals surface area contributed by atoms with Gasteiger partial charge in [0.1, 0.15) is 5.75 Å². The van der Waals surface area contributed by atoms with Crippen LogP contribution in [0.2, 0.25) is 0 Å². The number of nitrogens with one attached hydrogen (secondary N) is 1. The zero-order chi connectivity index (χ0) is 14.7. The predicted octanol–water partition coefficient (Wildman–Crippen LogP) is 3.76. The van der Waals surface area contributed by atoms with Crippen LogP contribution < -0.4 is 10.1 Å². The topological polar surface area (TPSA) is 24.5 Å². The molecule has 0 aromatic heterocycles. The number of anilines is 1. The summed E-state index contributed by atoms with van der Waals surface area (Å²) >= 11 is 0. The van der Waals surface area contributed by atoms with Crippen LogP contribution in [0.5, 0.6) is 5.75 Å². The van der Waals surface area contributed by atoms with Gasteiger partial charge in [0.15, 0.2) is 0 Å². The van der Waals surface area contributed by atoms with Crippen molar-refractivity contribution in [2.24, 2.45) is 5.92 Å². The number of fused-ring (bicyclic) bond motifs is 1. The van der Waals surface area contributed by atoms with Crippen LogP contribution in [0.4, 0.5) is 5.69 Å². The highest BCUT2D eigenvalue weighted by Gasteiger charge is 2.31. The molecule has 1 N–H and O–H groups in total. The maximum atomic E-state index is 5.95. The van der Waals surface area contributed by atoms with E-state index in [1.807, 2.05) is 0 Å². The van der Waals surface area contributed by atoms with E-state index in [1.54, 1.807) is 0 Å². The van der Waals surface area contributed by atoms with Gasteiger partial charge in [0, 0.05) is 18.6 Å². The minimum absolute atomic E-state index is 0.555. The second-order valence-corrected chi connectivity index (χ2v) is 6.90. The Hall–Kier alpha value is -1.22. The monoisotopic (exact) mass is 288 g/mol. The first kappa shape index (κ1) is 14.7. The van der Waals surface area contributed by atoms with E-state index in [4.69, 9.17) is 4.74 Å². The number of para-hydroxylation sites is 2. The number of piperidine rings is 1. The number of nitrogens with zero attached hydrogens (tertiary/aromatic N) is 1. The summed E-state index contributed by atoms with van der Waals surface area (Å²) in [7, 11) is 0. The Morgan fingerprint density at radius 1 is 1.24 bits per heavy atom. The first-order valence-electron chi connectivity index (χ1n) is 8.45. The highest BCUT2D eigenvalue weighted by molar-refractivity contribution is 5.56. The van der Waals surface area contributed by atoms with Gasteiger partial charge in [-0.1, -0.05) is 26.0 Å². The molecule has 2 heterocycles. The van der Waals surface area contributed by atoms with E-state index in [1.165, 1.54) is 38.8 Å². The van der Waals surface area contributed by atoms with E-state index in [9.17, 15) is 0 Å². The van der Waals surface area contributed by atoms with Crippen LogP contribution in [0, 0.1) is 5.92 Å². The summed E-state index contributed by atoms with van der Waals surface area (Å²) in [6, 6.07) is 9.77. The van der Waals surface area contributed by atoms with Crippen LogP contribution in [0.25, 0.3) is 0 Å². The molecule has 2 saturated heterocycles. The van der Waals surface area contributed by atoms with Crippen molar-refractivity contribution in [3.05, 3.63) is 24.3 Å². The van der Waals surface area contributed by atoms with Gasteiger partial charge in [-0.2, -0.15) is 0 Å². The number of benzene rings is 1. The first-order chi connectivity index (χ1) is 10.2. The van der Waals surface area contributed by atoms with E-state index < -0.39 is 0 Å². The summed E-state index contributed by atoms with van der Waals surface area (Å²) in [5.74, 6) is 1.56. The zero-order valence-electron chi connectivity index (χ0n) is 13.3. The fourth-order valence-corrected chi connectivity index (χ4v) is 3.54. The van der Waals surface area contributed by atoms with E-state index in [2.05, 4.69) is 48.3 Å². The average molecular weight is 288 g/mol. The smallest absolute Gasteiger partial charge is 0.142 e. The fraction of sp³-hybridized carbons (Fsp3) is 0.667. The van der Waals surface area contributed by atoms with Gasteiger partial charge in [-0.25, -0.2) is 0 Å². The Bertz CT molecular complexity index is 460. The number of hydrogen-bond acceptors (Lipinski definition) is 3. The standard InChI is InChI=1S/C18H28N2O/c1-14(2)13-21-18-8-4-3-7-17(18)19-15-9-11-20-10-5-6-16(20)12-15/h3-4,7-8,14-16,19H,5-6,9-13H2,1-2H3. The summed E-state index contributed by atoms with van der Waals surface area (Å²) < 4.78 is 5.95. The summed E-state index contributed by atoms with van der Waals surface area (Å²) in [6.45, 7) is 7.71. The molecular formula is C18H28N2O. The lowest BCUT2D eigenvalue weighted by atomic mass is 9.97. The molecule has 1 aromatic rings. The molecule has 0 aliphatic carbocycles. The quantitative estimate of drug-likeness (QED) is 0.893. The van der Waals surface area contributed by atoms with E-state index in [0.717, 1.165) is 24.1 Å². The number of rotatable bonds is 5. The van der Waals surface area contributed by atoms with Crippen LogP contribution in [-0.4, -0.2) is 36.7 Å². The van der Waals surface area contributed by atoms with Gasteiger partial charge < -0.3 is 15.0 Å². The summed E-state index contributed by atoms with van der Waals surface area (Å²) in [6.07, 6.45) is 5.28. The summed E-state index contributed by atoms with van der Waals surface area (Å²) in [4.78, 5) is 2.67. The molecule has 3 heteroatoms. The molecule has 2 atom stereocenters. The van der Waals surface area contributed by atoms with Crippen molar-refractivity contribution < 1.29 is 4.74 Å². The molecule has 1 aromatic carbocycles. The maximum Gasteiger partial charge on any atom is 0.142 e. The van der Waals surface area contributed by atoms with Crippen LogP contribution >= 0.6 is 0 Å². The van der Waals surface area contributed by atoms with Gasteiger partial charge in [-0.05, 0) is 50.3 Å². The van der Waals surface area contributed by atoms with Crippen LogP contribution in [0.1, 0.15) is 39.5 Å². The van der Waals surface area contributed by atoms with Crippen molar-refractivity contribution in [3.63, 3.8) is 0 Å². The van der Waals surface area contributed by atoms with Crippen molar-refractivity contribution in [1.29, 1.82) is 0 Å². The van der Waals surface area contributed by atoms with Crippen molar-refractivity contribution in [3.8, 4) is 5.75 Å². The molecular weight excluding hydrogens is 260 g/mol. The molecule has 0 bridgehead atoms. The van der Waals surface area contributed by atoms with Crippen molar-refractivity contribution in [1.82, 2.24) is 4.90 Å².